The Labute approximate surface area is 258 Å². The van der Waals surface area contributed by atoms with Crippen LogP contribution < -0.4 is 11.5 Å². The van der Waals surface area contributed by atoms with Gasteiger partial charge in [0.05, 0.1) is 23.1 Å². The maximum Gasteiger partial charge on any atom is 0.250 e. The van der Waals surface area contributed by atoms with Crippen LogP contribution in [0.1, 0.15) is 43.4 Å². The van der Waals surface area contributed by atoms with Gasteiger partial charge in [0.2, 0.25) is 0 Å². The number of amides is 1. The molecule has 44 heavy (non-hydrogen) atoms. The van der Waals surface area contributed by atoms with E-state index < -0.39 is 35.4 Å². The fourth-order valence-electron chi connectivity index (χ4n) is 7.73. The molecule has 9 nitrogen and oxygen atoms in total. The summed E-state index contributed by atoms with van der Waals surface area (Å²) in [6, 6.07) is 10.8. The number of phenolic OH excluding ortho intramolecular Hbond substituents is 1. The molecule has 3 aliphatic rings. The van der Waals surface area contributed by atoms with E-state index >= 15 is 0 Å². The molecule has 0 saturated heterocycles. The second-order valence-electron chi connectivity index (χ2n) is 12.9. The summed E-state index contributed by atoms with van der Waals surface area (Å²) in [4.78, 5) is 28.7. The highest BCUT2D eigenvalue weighted by atomic mass is 16.5. The smallest absolute Gasteiger partial charge is 0.250 e. The van der Waals surface area contributed by atoms with Crippen LogP contribution in [0.3, 0.4) is 0 Å². The molecule has 6 atom stereocenters. The van der Waals surface area contributed by atoms with Crippen molar-refractivity contribution in [1.29, 1.82) is 0 Å². The number of fused-ring (bicyclic) bond motifs is 3. The quantitative estimate of drug-likeness (QED) is 0.268. The van der Waals surface area contributed by atoms with Crippen LogP contribution in [0, 0.1) is 17.8 Å². The molecule has 5 rings (SSSR count). The molecule has 1 amide bonds. The first-order valence-electron chi connectivity index (χ1n) is 15.1. The molecule has 0 heterocycles. The van der Waals surface area contributed by atoms with Crippen molar-refractivity contribution in [2.45, 2.75) is 57.2 Å². The summed E-state index contributed by atoms with van der Waals surface area (Å²) in [5, 5.41) is 33.9. The standard InChI is InChI=1S/C35H43N3O6/c1-6-14-35(3,37)17-18-8-10-19(11-9-18)21-12-13-24(39)26-22(21)15-20-16-23-27(31(41)25(20)30(26)40)33(44-7-2)28(34(36)43)32(42)29(23)38(4)5/h6,8-13,20,23,27,29,33,39-40,42H,1,7,14-17,37H2,2-5H3,(H2,36,43)/t20?,23?,27?,29-,33?,35?/m0/s1. The Kier molecular flexibility index (Phi) is 8.50. The number of ketones is 1. The molecule has 2 aromatic rings. The van der Waals surface area contributed by atoms with Crippen molar-refractivity contribution in [3.8, 4) is 16.9 Å². The number of benzene rings is 2. The minimum atomic E-state index is -1.05. The summed E-state index contributed by atoms with van der Waals surface area (Å²) in [7, 11) is 3.57. The van der Waals surface area contributed by atoms with Crippen molar-refractivity contribution in [3.63, 3.8) is 0 Å². The second kappa shape index (κ2) is 11.9. The highest BCUT2D eigenvalue weighted by Crippen LogP contribution is 2.53. The summed E-state index contributed by atoms with van der Waals surface area (Å²) in [5.74, 6) is -3.38. The molecule has 234 valence electrons. The number of primary amides is 1. The van der Waals surface area contributed by atoms with E-state index in [1.807, 2.05) is 43.3 Å². The SMILES string of the molecule is C=CCC(C)(N)Cc1ccc(-c2ccc(O)c3c2CC2CC4C(C(=O)C2=C3O)C(OCC)C(C(N)=O)=C(O)[C@H]4N(C)C)cc1. The number of ether oxygens (including phenoxy) is 1. The fourth-order valence-corrected chi connectivity index (χ4v) is 7.73. The fraction of sp³-hybridized carbons (Fsp3) is 0.429. The van der Waals surface area contributed by atoms with Gasteiger partial charge < -0.3 is 31.5 Å². The molecule has 0 bridgehead atoms. The highest BCUT2D eigenvalue weighted by molar-refractivity contribution is 6.07. The van der Waals surface area contributed by atoms with E-state index in [4.69, 9.17) is 16.2 Å². The number of nitrogens with two attached hydrogens (primary N) is 2. The van der Waals surface area contributed by atoms with Gasteiger partial charge in [-0.25, -0.2) is 0 Å². The number of allylic oxidation sites excluding steroid dienone is 1. The third-order valence-corrected chi connectivity index (χ3v) is 9.45. The van der Waals surface area contributed by atoms with Gasteiger partial charge in [-0.15, -0.1) is 6.58 Å². The van der Waals surface area contributed by atoms with E-state index in [-0.39, 0.29) is 52.3 Å². The lowest BCUT2D eigenvalue weighted by molar-refractivity contribution is -0.134. The number of aliphatic hydroxyl groups excluding tert-OH is 2. The van der Waals surface area contributed by atoms with Crippen LogP contribution in [-0.2, 0) is 27.2 Å². The van der Waals surface area contributed by atoms with Crippen molar-refractivity contribution >= 4 is 17.4 Å². The van der Waals surface area contributed by atoms with E-state index in [0.29, 0.717) is 25.7 Å². The average molecular weight is 602 g/mol. The minimum absolute atomic E-state index is 0.108. The van der Waals surface area contributed by atoms with Crippen LogP contribution in [0.4, 0.5) is 0 Å². The van der Waals surface area contributed by atoms with Gasteiger partial charge in [0, 0.05) is 17.7 Å². The Bertz CT molecular complexity index is 1550. The van der Waals surface area contributed by atoms with Gasteiger partial charge in [0.15, 0.2) is 5.78 Å². The Morgan fingerprint density at radius 1 is 1.16 bits per heavy atom. The van der Waals surface area contributed by atoms with Crippen molar-refractivity contribution in [2.75, 3.05) is 20.7 Å². The second-order valence-corrected chi connectivity index (χ2v) is 12.9. The van der Waals surface area contributed by atoms with E-state index in [1.165, 1.54) is 6.07 Å². The topological polar surface area (TPSA) is 159 Å². The maximum absolute atomic E-state index is 14.3. The zero-order chi connectivity index (χ0) is 32.1. The van der Waals surface area contributed by atoms with E-state index in [0.717, 1.165) is 22.3 Å². The highest BCUT2D eigenvalue weighted by Gasteiger charge is 2.56. The van der Waals surface area contributed by atoms with Crippen LogP contribution in [0.2, 0.25) is 0 Å². The van der Waals surface area contributed by atoms with E-state index in [2.05, 4.69) is 6.58 Å². The number of rotatable bonds is 9. The molecule has 2 aromatic carbocycles. The number of likely N-dealkylation sites (N-methyl/N-ethyl adjacent to an activating group) is 1. The largest absolute Gasteiger partial charge is 0.510 e. The molecule has 0 spiro atoms. The lowest BCUT2D eigenvalue weighted by Crippen LogP contribution is -2.57. The van der Waals surface area contributed by atoms with Crippen molar-refractivity contribution in [1.82, 2.24) is 4.90 Å². The zero-order valence-corrected chi connectivity index (χ0v) is 25.8. The number of aliphatic hydroxyl groups is 2. The molecule has 0 aliphatic heterocycles. The van der Waals surface area contributed by atoms with Crippen molar-refractivity contribution < 1.29 is 29.6 Å². The molecule has 1 fully saturated rings. The average Bonchev–Trinajstić information content (AvgIpc) is 2.93. The molecule has 3 aliphatic carbocycles. The molecule has 0 radical (unpaired) electrons. The van der Waals surface area contributed by atoms with Gasteiger partial charge >= 0.3 is 0 Å². The number of carbonyl (C=O) groups excluding carboxylic acids is 2. The van der Waals surface area contributed by atoms with Gasteiger partial charge in [0.25, 0.3) is 5.91 Å². The minimum Gasteiger partial charge on any atom is -0.510 e. The first-order valence-corrected chi connectivity index (χ1v) is 15.1. The molecular formula is C35H43N3O6. The molecule has 9 heteroatoms. The van der Waals surface area contributed by atoms with Gasteiger partial charge in [-0.3, -0.25) is 14.5 Å². The summed E-state index contributed by atoms with van der Waals surface area (Å²) < 4.78 is 5.91. The van der Waals surface area contributed by atoms with Gasteiger partial charge in [-0.2, -0.15) is 0 Å². The van der Waals surface area contributed by atoms with Crippen molar-refractivity contribution in [3.05, 3.63) is 82.6 Å². The first-order chi connectivity index (χ1) is 20.8. The predicted molar refractivity (Wildman–Crippen MR) is 170 cm³/mol. The van der Waals surface area contributed by atoms with E-state index in [9.17, 15) is 24.9 Å². The van der Waals surface area contributed by atoms with Gasteiger partial charge in [0.1, 0.15) is 23.4 Å². The Morgan fingerprint density at radius 3 is 2.43 bits per heavy atom. The molecule has 5 unspecified atom stereocenters. The number of nitrogens with zero attached hydrogens (tertiary/aromatic N) is 1. The molecular weight excluding hydrogens is 558 g/mol. The van der Waals surface area contributed by atoms with Gasteiger partial charge in [-0.1, -0.05) is 36.4 Å². The molecule has 1 saturated carbocycles. The Hall–Kier alpha value is -3.92. The third kappa shape index (κ3) is 5.33. The number of aromatic hydroxyl groups is 1. The van der Waals surface area contributed by atoms with Gasteiger partial charge in [-0.05, 0) is 93.8 Å². The number of hydrogen-bond acceptors (Lipinski definition) is 8. The summed E-state index contributed by atoms with van der Waals surface area (Å²) >= 11 is 0. The molecule has 7 N–H and O–H groups in total. The summed E-state index contributed by atoms with van der Waals surface area (Å²) in [6.07, 6.45) is 3.00. The number of hydrogen-bond donors (Lipinski definition) is 5. The van der Waals surface area contributed by atoms with Crippen molar-refractivity contribution in [2.24, 2.45) is 29.2 Å². The van der Waals surface area contributed by atoms with Crippen LogP contribution in [0.25, 0.3) is 16.9 Å². The predicted octanol–water partition coefficient (Wildman–Crippen LogP) is 4.19. The summed E-state index contributed by atoms with van der Waals surface area (Å²) in [5.41, 5.74) is 15.7. The lowest BCUT2D eigenvalue weighted by atomic mass is 9.58. The van der Waals surface area contributed by atoms with E-state index in [1.54, 1.807) is 25.9 Å². The third-order valence-electron chi connectivity index (χ3n) is 9.45. The summed E-state index contributed by atoms with van der Waals surface area (Å²) in [6.45, 7) is 7.73. The van der Waals surface area contributed by atoms with Crippen LogP contribution in [0.15, 0.2) is 66.0 Å². The number of Topliss-reactive ketones (excluding diaryl/α,β-unsaturated/α-hetero) is 1. The lowest BCUT2D eigenvalue weighted by Gasteiger charge is -2.49. The zero-order valence-electron chi connectivity index (χ0n) is 25.8. The monoisotopic (exact) mass is 601 g/mol. The van der Waals surface area contributed by atoms with Crippen LogP contribution >= 0.6 is 0 Å². The van der Waals surface area contributed by atoms with Crippen LogP contribution in [-0.4, -0.2) is 70.3 Å². The first kappa shape index (κ1) is 31.5. The Morgan fingerprint density at radius 2 is 1.84 bits per heavy atom. The molecule has 0 aromatic heterocycles. The normalized spacial score (nSPS) is 26.1. The number of carbonyl (C=O) groups is 2. The van der Waals surface area contributed by atoms with Crippen LogP contribution in [0.5, 0.6) is 5.75 Å². The Balaban J connectivity index is 1.59. The number of phenols is 1. The maximum atomic E-state index is 14.3.